The number of urea groups is 1. The second-order valence-electron chi connectivity index (χ2n) is 5.30. The van der Waals surface area contributed by atoms with E-state index in [0.717, 1.165) is 25.2 Å². The van der Waals surface area contributed by atoms with E-state index in [0.29, 0.717) is 12.3 Å². The maximum atomic E-state index is 12.2. The Morgan fingerprint density at radius 1 is 1.37 bits per heavy atom. The Kier molecular flexibility index (Phi) is 4.96. The van der Waals surface area contributed by atoms with E-state index < -0.39 is 12.0 Å². The molecular weight excluding hydrogens is 264 g/mol. The molecule has 1 aliphatic carbocycles. The molecule has 6 heteroatoms. The first-order valence-electron chi connectivity index (χ1n) is 7.04. The van der Waals surface area contributed by atoms with Crippen LogP contribution < -0.4 is 5.32 Å². The SMILES string of the molecule is CCCC1SCC(C(=O)O)N1C(=O)NCCC1CC1. The van der Waals surface area contributed by atoms with Gasteiger partial charge >= 0.3 is 12.0 Å². The zero-order chi connectivity index (χ0) is 13.8. The monoisotopic (exact) mass is 286 g/mol. The van der Waals surface area contributed by atoms with Crippen molar-refractivity contribution >= 4 is 23.8 Å². The van der Waals surface area contributed by atoms with Gasteiger partial charge in [0, 0.05) is 12.3 Å². The number of hydrogen-bond donors (Lipinski definition) is 2. The van der Waals surface area contributed by atoms with Gasteiger partial charge in [-0.05, 0) is 18.8 Å². The molecule has 2 N–H and O–H groups in total. The van der Waals surface area contributed by atoms with Gasteiger partial charge in [-0.1, -0.05) is 26.2 Å². The molecule has 1 aliphatic heterocycles. The third-order valence-corrected chi connectivity index (χ3v) is 5.03. The largest absolute Gasteiger partial charge is 0.480 e. The standard InChI is InChI=1S/C13H22N2O3S/c1-2-3-11-15(10(8-19-11)12(16)17)13(18)14-7-6-9-4-5-9/h9-11H,2-8H2,1H3,(H,14,18)(H,16,17). The summed E-state index contributed by atoms with van der Waals surface area (Å²) in [5, 5.41) is 12.1. The number of carbonyl (C=O) groups is 2. The summed E-state index contributed by atoms with van der Waals surface area (Å²) in [6.45, 7) is 2.72. The van der Waals surface area contributed by atoms with Crippen molar-refractivity contribution in [3.05, 3.63) is 0 Å². The lowest BCUT2D eigenvalue weighted by Crippen LogP contribution is -2.50. The maximum Gasteiger partial charge on any atom is 0.327 e. The van der Waals surface area contributed by atoms with Crippen LogP contribution in [0.3, 0.4) is 0 Å². The number of hydrogen-bond acceptors (Lipinski definition) is 3. The number of rotatable bonds is 6. The predicted octanol–water partition coefficient (Wildman–Crippen LogP) is 2.12. The van der Waals surface area contributed by atoms with Crippen LogP contribution in [0.4, 0.5) is 4.79 Å². The van der Waals surface area contributed by atoms with E-state index in [4.69, 9.17) is 0 Å². The minimum absolute atomic E-state index is 0.00650. The Morgan fingerprint density at radius 3 is 2.68 bits per heavy atom. The van der Waals surface area contributed by atoms with Gasteiger partial charge in [0.25, 0.3) is 0 Å². The highest BCUT2D eigenvalue weighted by Crippen LogP contribution is 2.33. The van der Waals surface area contributed by atoms with Gasteiger partial charge in [-0.2, -0.15) is 0 Å². The molecule has 0 aromatic heterocycles. The fraction of sp³-hybridized carbons (Fsp3) is 0.846. The molecule has 0 radical (unpaired) electrons. The predicted molar refractivity (Wildman–Crippen MR) is 75.2 cm³/mol. The molecule has 0 bridgehead atoms. The van der Waals surface area contributed by atoms with Crippen molar-refractivity contribution in [2.24, 2.45) is 5.92 Å². The summed E-state index contributed by atoms with van der Waals surface area (Å²) in [7, 11) is 0. The second-order valence-corrected chi connectivity index (χ2v) is 6.51. The van der Waals surface area contributed by atoms with Crippen LogP contribution >= 0.6 is 11.8 Å². The van der Waals surface area contributed by atoms with Gasteiger partial charge in [0.2, 0.25) is 0 Å². The smallest absolute Gasteiger partial charge is 0.327 e. The molecule has 1 saturated carbocycles. The maximum absolute atomic E-state index is 12.2. The first-order chi connectivity index (χ1) is 9.13. The summed E-state index contributed by atoms with van der Waals surface area (Å²) in [4.78, 5) is 24.9. The molecule has 19 heavy (non-hydrogen) atoms. The Balaban J connectivity index is 1.89. The van der Waals surface area contributed by atoms with Crippen molar-refractivity contribution in [3.8, 4) is 0 Å². The molecule has 2 rings (SSSR count). The number of amides is 2. The molecule has 108 valence electrons. The topological polar surface area (TPSA) is 69.6 Å². The highest BCUT2D eigenvalue weighted by molar-refractivity contribution is 8.00. The van der Waals surface area contributed by atoms with Crippen LogP contribution in [0.5, 0.6) is 0 Å². The molecule has 2 unspecified atom stereocenters. The number of carbonyl (C=O) groups excluding carboxylic acids is 1. The number of nitrogens with one attached hydrogen (secondary N) is 1. The van der Waals surface area contributed by atoms with Gasteiger partial charge in [-0.25, -0.2) is 9.59 Å². The van der Waals surface area contributed by atoms with Gasteiger partial charge in [0.15, 0.2) is 0 Å². The fourth-order valence-corrected chi connectivity index (χ4v) is 3.89. The van der Waals surface area contributed by atoms with Crippen LogP contribution in [0.25, 0.3) is 0 Å². The van der Waals surface area contributed by atoms with Crippen molar-refractivity contribution in [1.29, 1.82) is 0 Å². The third kappa shape index (κ3) is 3.78. The highest BCUT2D eigenvalue weighted by Gasteiger charge is 2.41. The van der Waals surface area contributed by atoms with Crippen molar-refractivity contribution in [2.45, 2.75) is 50.4 Å². The summed E-state index contributed by atoms with van der Waals surface area (Å²) in [6, 6.07) is -0.890. The van der Waals surface area contributed by atoms with E-state index in [1.165, 1.54) is 17.7 Å². The van der Waals surface area contributed by atoms with Gasteiger partial charge in [-0.15, -0.1) is 11.8 Å². The van der Waals surface area contributed by atoms with E-state index in [-0.39, 0.29) is 11.4 Å². The van der Waals surface area contributed by atoms with Crippen molar-refractivity contribution in [3.63, 3.8) is 0 Å². The first-order valence-corrected chi connectivity index (χ1v) is 8.09. The number of nitrogens with zero attached hydrogens (tertiary/aromatic N) is 1. The van der Waals surface area contributed by atoms with Crippen LogP contribution in [0, 0.1) is 5.92 Å². The molecule has 0 spiro atoms. The summed E-state index contributed by atoms with van der Waals surface area (Å²) in [5.74, 6) is 0.370. The lowest BCUT2D eigenvalue weighted by atomic mass is 10.2. The minimum atomic E-state index is -0.900. The van der Waals surface area contributed by atoms with Gasteiger partial charge in [0.05, 0.1) is 5.37 Å². The Labute approximate surface area is 118 Å². The molecule has 0 aromatic carbocycles. The lowest BCUT2D eigenvalue weighted by Gasteiger charge is -2.27. The molecule has 2 atom stereocenters. The van der Waals surface area contributed by atoms with E-state index in [2.05, 4.69) is 12.2 Å². The first kappa shape index (κ1) is 14.5. The molecule has 2 fully saturated rings. The van der Waals surface area contributed by atoms with Crippen LogP contribution in [-0.2, 0) is 4.79 Å². The molecule has 1 heterocycles. The van der Waals surface area contributed by atoms with Gasteiger partial charge in [0.1, 0.15) is 6.04 Å². The molecule has 2 amide bonds. The van der Waals surface area contributed by atoms with Gasteiger partial charge in [-0.3, -0.25) is 4.90 Å². The number of carboxylic acid groups (broad SMARTS) is 1. The van der Waals surface area contributed by atoms with Crippen LogP contribution in [0.2, 0.25) is 0 Å². The second kappa shape index (κ2) is 6.50. The molecule has 2 aliphatic rings. The van der Waals surface area contributed by atoms with Crippen LogP contribution in [-0.4, -0.2) is 45.7 Å². The molecular formula is C13H22N2O3S. The lowest BCUT2D eigenvalue weighted by molar-refractivity contribution is -0.141. The average molecular weight is 286 g/mol. The van der Waals surface area contributed by atoms with Crippen molar-refractivity contribution < 1.29 is 14.7 Å². The zero-order valence-corrected chi connectivity index (χ0v) is 12.1. The van der Waals surface area contributed by atoms with Gasteiger partial charge < -0.3 is 10.4 Å². The van der Waals surface area contributed by atoms with E-state index in [9.17, 15) is 14.7 Å². The quantitative estimate of drug-likeness (QED) is 0.784. The van der Waals surface area contributed by atoms with Crippen LogP contribution in [0.1, 0.15) is 39.0 Å². The minimum Gasteiger partial charge on any atom is -0.480 e. The zero-order valence-electron chi connectivity index (χ0n) is 11.3. The normalized spacial score (nSPS) is 26.5. The Morgan fingerprint density at radius 2 is 2.11 bits per heavy atom. The summed E-state index contributed by atoms with van der Waals surface area (Å²) in [5.41, 5.74) is 0. The fourth-order valence-electron chi connectivity index (χ4n) is 2.38. The highest BCUT2D eigenvalue weighted by atomic mass is 32.2. The number of carboxylic acids is 1. The summed E-state index contributed by atoms with van der Waals surface area (Å²) in [6.07, 6.45) is 5.36. The van der Waals surface area contributed by atoms with Crippen molar-refractivity contribution in [1.82, 2.24) is 10.2 Å². The van der Waals surface area contributed by atoms with E-state index in [1.54, 1.807) is 11.8 Å². The van der Waals surface area contributed by atoms with E-state index in [1.807, 2.05) is 0 Å². The Hall–Kier alpha value is -0.910. The summed E-state index contributed by atoms with van der Waals surface area (Å²) >= 11 is 1.58. The molecule has 1 saturated heterocycles. The third-order valence-electron chi connectivity index (χ3n) is 3.67. The summed E-state index contributed by atoms with van der Waals surface area (Å²) < 4.78 is 0. The van der Waals surface area contributed by atoms with Crippen molar-refractivity contribution in [2.75, 3.05) is 12.3 Å². The Bertz CT molecular complexity index is 347. The number of aliphatic carboxylic acids is 1. The van der Waals surface area contributed by atoms with Crippen LogP contribution in [0.15, 0.2) is 0 Å². The van der Waals surface area contributed by atoms with E-state index >= 15 is 0 Å². The average Bonchev–Trinajstić information content (AvgIpc) is 3.08. The number of thioether (sulfide) groups is 1. The molecule has 5 nitrogen and oxygen atoms in total. The molecule has 0 aromatic rings.